The third-order valence-electron chi connectivity index (χ3n) is 7.64. The largest absolute Gasteiger partial charge is 0.292 e. The molecule has 0 unspecified atom stereocenters. The molecule has 0 fully saturated rings. The van der Waals surface area contributed by atoms with Crippen molar-refractivity contribution in [1.82, 2.24) is 0 Å². The summed E-state index contributed by atoms with van der Waals surface area (Å²) >= 11 is 0. The van der Waals surface area contributed by atoms with Gasteiger partial charge in [-0.1, -0.05) is 91.0 Å². The highest BCUT2D eigenvalue weighted by atomic mass is 19.1. The fourth-order valence-electron chi connectivity index (χ4n) is 4.96. The minimum absolute atomic E-state index is 0.0345. The summed E-state index contributed by atoms with van der Waals surface area (Å²) in [4.78, 5) is 34.0. The van der Waals surface area contributed by atoms with Gasteiger partial charge in [-0.25, -0.2) is 8.78 Å². The molecule has 0 atom stereocenters. The van der Waals surface area contributed by atoms with Crippen molar-refractivity contribution in [1.29, 1.82) is 0 Å². The Morgan fingerprint density at radius 3 is 1.15 bits per heavy atom. The Morgan fingerprint density at radius 1 is 0.478 bits per heavy atom. The van der Waals surface area contributed by atoms with Crippen molar-refractivity contribution in [2.75, 3.05) is 13.1 Å². The zero-order chi connectivity index (χ0) is 32.1. The van der Waals surface area contributed by atoms with Crippen LogP contribution in [0.3, 0.4) is 0 Å². The van der Waals surface area contributed by atoms with Crippen LogP contribution in [0.25, 0.3) is 0 Å². The van der Waals surface area contributed by atoms with Gasteiger partial charge in [-0.05, 0) is 89.4 Å². The van der Waals surface area contributed by atoms with Gasteiger partial charge in [0, 0.05) is 23.6 Å². The molecular formula is C40H34F2N2O2. The van der Waals surface area contributed by atoms with Gasteiger partial charge in [0.1, 0.15) is 24.7 Å². The van der Waals surface area contributed by atoms with E-state index < -0.39 is 0 Å². The molecule has 0 aliphatic heterocycles. The van der Waals surface area contributed by atoms with Crippen molar-refractivity contribution in [2.45, 2.75) is 25.7 Å². The van der Waals surface area contributed by atoms with Crippen LogP contribution in [0, 0.1) is 11.6 Å². The number of ketones is 2. The summed E-state index contributed by atoms with van der Waals surface area (Å²) in [5.41, 5.74) is 7.22. The lowest BCUT2D eigenvalue weighted by Gasteiger charge is -2.04. The van der Waals surface area contributed by atoms with Crippen molar-refractivity contribution in [3.05, 3.63) is 177 Å². The number of nitrogens with zero attached hydrogens (tertiary/aromatic N) is 2. The number of carbonyl (C=O) groups is 2. The van der Waals surface area contributed by atoms with Crippen LogP contribution in [0.2, 0.25) is 0 Å². The molecule has 5 aromatic rings. The minimum atomic E-state index is -0.240. The minimum Gasteiger partial charge on any atom is -0.292 e. The summed E-state index contributed by atoms with van der Waals surface area (Å²) in [5.74, 6) is -0.622. The molecule has 0 saturated heterocycles. The second-order valence-electron chi connectivity index (χ2n) is 11.1. The van der Waals surface area contributed by atoms with Crippen molar-refractivity contribution in [3.63, 3.8) is 0 Å². The van der Waals surface area contributed by atoms with Gasteiger partial charge in [0.15, 0.2) is 11.6 Å². The fraction of sp³-hybridized carbons (Fsp3) is 0.150. The van der Waals surface area contributed by atoms with Crippen LogP contribution in [0.5, 0.6) is 0 Å². The van der Waals surface area contributed by atoms with E-state index in [9.17, 15) is 18.4 Å². The Labute approximate surface area is 268 Å². The molecule has 0 saturated carbocycles. The topological polar surface area (TPSA) is 58.9 Å². The number of aryl methyl sites for hydroxylation is 4. The number of benzene rings is 5. The summed E-state index contributed by atoms with van der Waals surface area (Å²) in [6.07, 6.45) is 6.53. The van der Waals surface area contributed by atoms with Crippen molar-refractivity contribution in [3.8, 4) is 0 Å². The third kappa shape index (κ3) is 9.83. The lowest BCUT2D eigenvalue weighted by Crippen LogP contribution is -2.04. The molecule has 230 valence electrons. The molecule has 6 heteroatoms. The molecule has 0 amide bonds. The maximum Gasteiger partial charge on any atom is 0.184 e. The first kappa shape index (κ1) is 32.0. The number of carbonyl (C=O) groups excluding carboxylic acids is 2. The standard InChI is InChI=1S/C40H34F2N2O2/c41-37-20-12-31(13-21-37)6-4-29-8-16-35(17-9-29)39(45)27-43-25-33-2-1-3-34(24-33)26-44-28-40(46)36-18-10-30(11-19-36)5-7-32-14-22-38(42)23-15-32/h1-3,8-26H,4-7,27-28H2. The maximum atomic E-state index is 13.1. The number of hydrogen-bond acceptors (Lipinski definition) is 4. The predicted molar refractivity (Wildman–Crippen MR) is 181 cm³/mol. The highest BCUT2D eigenvalue weighted by Crippen LogP contribution is 2.13. The van der Waals surface area contributed by atoms with Crippen LogP contribution in [0.15, 0.2) is 131 Å². The molecule has 0 radical (unpaired) electrons. The first-order valence-corrected chi connectivity index (χ1v) is 15.2. The van der Waals surface area contributed by atoms with Crippen molar-refractivity contribution in [2.24, 2.45) is 9.98 Å². The summed E-state index contributed by atoms with van der Waals surface area (Å²) in [7, 11) is 0. The van der Waals surface area contributed by atoms with E-state index in [1.807, 2.05) is 72.8 Å². The van der Waals surface area contributed by atoms with Gasteiger partial charge in [-0.3, -0.25) is 19.6 Å². The molecule has 5 aromatic carbocycles. The van der Waals surface area contributed by atoms with Gasteiger partial charge in [-0.2, -0.15) is 0 Å². The molecule has 0 aromatic heterocycles. The number of aliphatic imine (C=N–C) groups is 2. The van der Waals surface area contributed by atoms with Gasteiger partial charge in [0.05, 0.1) is 0 Å². The van der Waals surface area contributed by atoms with E-state index in [1.54, 1.807) is 36.7 Å². The van der Waals surface area contributed by atoms with Crippen LogP contribution in [0.4, 0.5) is 8.78 Å². The predicted octanol–water partition coefficient (Wildman–Crippen LogP) is 8.14. The molecule has 0 spiro atoms. The van der Waals surface area contributed by atoms with Gasteiger partial charge in [0.2, 0.25) is 0 Å². The second kappa shape index (κ2) is 16.1. The number of Topliss-reactive ketones (excluding diaryl/α,β-unsaturated/α-hetero) is 2. The number of hydrogen-bond donors (Lipinski definition) is 0. The number of rotatable bonds is 14. The van der Waals surface area contributed by atoms with Gasteiger partial charge >= 0.3 is 0 Å². The van der Waals surface area contributed by atoms with E-state index >= 15 is 0 Å². The first-order chi connectivity index (χ1) is 22.4. The molecule has 46 heavy (non-hydrogen) atoms. The Bertz CT molecular complexity index is 1680. The average Bonchev–Trinajstić information content (AvgIpc) is 3.08. The van der Waals surface area contributed by atoms with Crippen LogP contribution in [0.1, 0.15) is 54.1 Å². The Kier molecular flexibility index (Phi) is 11.2. The monoisotopic (exact) mass is 612 g/mol. The van der Waals surface area contributed by atoms with Gasteiger partial charge in [-0.15, -0.1) is 0 Å². The van der Waals surface area contributed by atoms with Crippen LogP contribution in [-0.4, -0.2) is 37.1 Å². The lowest BCUT2D eigenvalue weighted by molar-refractivity contribution is 0.0994. The Hall–Kier alpha value is -5.36. The molecule has 0 N–H and O–H groups in total. The molecule has 4 nitrogen and oxygen atoms in total. The summed E-state index contributed by atoms with van der Waals surface area (Å²) in [5, 5.41) is 0. The molecule has 5 rings (SSSR count). The highest BCUT2D eigenvalue weighted by molar-refractivity contribution is 5.99. The van der Waals surface area contributed by atoms with Crippen molar-refractivity contribution >= 4 is 24.0 Å². The first-order valence-electron chi connectivity index (χ1n) is 15.2. The van der Waals surface area contributed by atoms with Crippen molar-refractivity contribution < 1.29 is 18.4 Å². The van der Waals surface area contributed by atoms with E-state index in [2.05, 4.69) is 9.98 Å². The molecule has 0 aliphatic rings. The van der Waals surface area contributed by atoms with Crippen LogP contribution < -0.4 is 0 Å². The average molecular weight is 613 g/mol. The highest BCUT2D eigenvalue weighted by Gasteiger charge is 2.07. The Balaban J connectivity index is 1.06. The Morgan fingerprint density at radius 2 is 0.804 bits per heavy atom. The second-order valence-corrected chi connectivity index (χ2v) is 11.1. The summed E-state index contributed by atoms with van der Waals surface area (Å²) in [6, 6.07) is 35.6. The molecule has 0 aliphatic carbocycles. The van der Waals surface area contributed by atoms with E-state index in [4.69, 9.17) is 0 Å². The zero-order valence-electron chi connectivity index (χ0n) is 25.4. The normalized spacial score (nSPS) is 11.3. The zero-order valence-corrected chi connectivity index (χ0v) is 25.4. The quantitative estimate of drug-likeness (QED) is 0.0939. The lowest BCUT2D eigenvalue weighted by atomic mass is 10.0. The van der Waals surface area contributed by atoms with Crippen LogP contribution >= 0.6 is 0 Å². The number of halogens is 2. The van der Waals surface area contributed by atoms with E-state index in [-0.39, 0.29) is 36.3 Å². The maximum absolute atomic E-state index is 13.1. The summed E-state index contributed by atoms with van der Waals surface area (Å²) in [6.45, 7) is 0.0690. The smallest absolute Gasteiger partial charge is 0.184 e. The van der Waals surface area contributed by atoms with E-state index in [0.29, 0.717) is 11.1 Å². The van der Waals surface area contributed by atoms with Gasteiger partial charge in [0.25, 0.3) is 0 Å². The summed E-state index contributed by atoms with van der Waals surface area (Å²) < 4.78 is 26.2. The van der Waals surface area contributed by atoms with E-state index in [0.717, 1.165) is 59.1 Å². The fourth-order valence-corrected chi connectivity index (χ4v) is 4.96. The van der Waals surface area contributed by atoms with Crippen LogP contribution in [-0.2, 0) is 25.7 Å². The molecular weight excluding hydrogens is 578 g/mol. The van der Waals surface area contributed by atoms with E-state index in [1.165, 1.54) is 24.3 Å². The molecule has 0 heterocycles. The third-order valence-corrected chi connectivity index (χ3v) is 7.64. The molecule has 0 bridgehead atoms. The van der Waals surface area contributed by atoms with Gasteiger partial charge < -0.3 is 0 Å². The SMILES string of the molecule is O=C(CN=Cc1cccc(C=NCC(=O)c2ccc(CCc3ccc(F)cc3)cc2)c1)c1ccc(CCc2ccc(F)cc2)cc1.